The van der Waals surface area contributed by atoms with Gasteiger partial charge in [-0.3, -0.25) is 4.90 Å². The van der Waals surface area contributed by atoms with Gasteiger partial charge in [-0.2, -0.15) is 0 Å². The first-order valence-electron chi connectivity index (χ1n) is 7.19. The highest BCUT2D eigenvalue weighted by atomic mass is 79.9. The molecule has 3 nitrogen and oxygen atoms in total. The minimum absolute atomic E-state index is 0.682. The van der Waals surface area contributed by atoms with Gasteiger partial charge in [0.1, 0.15) is 0 Å². The van der Waals surface area contributed by atoms with E-state index in [1.54, 1.807) is 0 Å². The lowest BCUT2D eigenvalue weighted by atomic mass is 10.2. The van der Waals surface area contributed by atoms with Crippen molar-refractivity contribution in [3.8, 4) is 0 Å². The first kappa shape index (κ1) is 14.8. The molecule has 0 aliphatic carbocycles. The van der Waals surface area contributed by atoms with Crippen LogP contribution < -0.4 is 4.90 Å². The summed E-state index contributed by atoms with van der Waals surface area (Å²) >= 11 is 7.23. The number of morpholine rings is 1. The molecule has 0 amide bonds. The lowest BCUT2D eigenvalue weighted by Gasteiger charge is -2.32. The van der Waals surface area contributed by atoms with Gasteiger partial charge < -0.3 is 9.64 Å². The smallest absolute Gasteiger partial charge is 0.0594 e. The fourth-order valence-electron chi connectivity index (χ4n) is 3.09. The number of halogens is 2. The van der Waals surface area contributed by atoms with E-state index in [0.29, 0.717) is 6.04 Å². The molecule has 3 rings (SSSR count). The predicted octanol–water partition coefficient (Wildman–Crippen LogP) is 3.25. The van der Waals surface area contributed by atoms with E-state index in [2.05, 4.69) is 59.9 Å². The van der Waals surface area contributed by atoms with Crippen molar-refractivity contribution in [3.63, 3.8) is 0 Å². The van der Waals surface area contributed by atoms with E-state index in [-0.39, 0.29) is 0 Å². The Morgan fingerprint density at radius 2 is 2.00 bits per heavy atom. The third-order valence-electron chi connectivity index (χ3n) is 4.23. The van der Waals surface area contributed by atoms with Crippen molar-refractivity contribution in [2.24, 2.45) is 0 Å². The van der Waals surface area contributed by atoms with Crippen molar-refractivity contribution in [3.05, 3.63) is 28.2 Å². The number of benzene rings is 1. The van der Waals surface area contributed by atoms with Crippen LogP contribution >= 0.6 is 31.9 Å². The summed E-state index contributed by atoms with van der Waals surface area (Å²) in [6.07, 6.45) is 1.26. The Balaban J connectivity index is 1.67. The fraction of sp³-hybridized carbons (Fsp3) is 0.600. The van der Waals surface area contributed by atoms with Crippen molar-refractivity contribution in [2.75, 3.05) is 44.3 Å². The summed E-state index contributed by atoms with van der Waals surface area (Å²) < 4.78 is 6.65. The second kappa shape index (κ2) is 6.77. The fourth-order valence-corrected chi connectivity index (χ4v) is 4.12. The Morgan fingerprint density at radius 1 is 1.20 bits per heavy atom. The van der Waals surface area contributed by atoms with Gasteiger partial charge in [-0.25, -0.2) is 0 Å². The quantitative estimate of drug-likeness (QED) is 0.720. The minimum atomic E-state index is 0.682. The minimum Gasteiger partial charge on any atom is -0.379 e. The second-order valence-corrected chi connectivity index (χ2v) is 6.87. The summed E-state index contributed by atoms with van der Waals surface area (Å²) in [5.74, 6) is 0. The van der Waals surface area contributed by atoms with Gasteiger partial charge >= 0.3 is 0 Å². The lowest BCUT2D eigenvalue weighted by Crippen LogP contribution is -2.44. The molecule has 20 heavy (non-hydrogen) atoms. The molecular weight excluding hydrogens is 384 g/mol. The molecule has 110 valence electrons. The average Bonchev–Trinajstić information content (AvgIpc) is 2.97. The monoisotopic (exact) mass is 402 g/mol. The van der Waals surface area contributed by atoms with Gasteiger partial charge in [0.05, 0.1) is 18.9 Å². The maximum Gasteiger partial charge on any atom is 0.0594 e. The topological polar surface area (TPSA) is 15.7 Å². The zero-order valence-corrected chi connectivity index (χ0v) is 14.7. The third-order valence-corrected chi connectivity index (χ3v) is 5.52. The molecule has 2 aliphatic rings. The van der Waals surface area contributed by atoms with Crippen LogP contribution in [-0.2, 0) is 10.1 Å². The number of anilines is 1. The number of hydrogen-bond acceptors (Lipinski definition) is 3. The molecule has 2 fully saturated rings. The SMILES string of the molecule is BrCc1ccc(N2CCC(N3CCOCC3)C2)c(Br)c1. The predicted molar refractivity (Wildman–Crippen MR) is 89.8 cm³/mol. The maximum absolute atomic E-state index is 5.45. The third kappa shape index (κ3) is 3.21. The Hall–Kier alpha value is -0.100. The van der Waals surface area contributed by atoms with Crippen LogP contribution in [0.5, 0.6) is 0 Å². The second-order valence-electron chi connectivity index (χ2n) is 5.46. The molecule has 2 heterocycles. The highest BCUT2D eigenvalue weighted by molar-refractivity contribution is 9.10. The summed E-state index contributed by atoms with van der Waals surface area (Å²) in [6.45, 7) is 6.23. The summed E-state index contributed by atoms with van der Waals surface area (Å²) in [4.78, 5) is 5.09. The zero-order valence-electron chi connectivity index (χ0n) is 11.5. The first-order valence-corrected chi connectivity index (χ1v) is 9.10. The van der Waals surface area contributed by atoms with Gasteiger partial charge in [-0.1, -0.05) is 22.0 Å². The number of rotatable bonds is 3. The normalized spacial score (nSPS) is 24.3. The van der Waals surface area contributed by atoms with E-state index < -0.39 is 0 Å². The van der Waals surface area contributed by atoms with E-state index in [1.807, 2.05) is 0 Å². The molecule has 2 saturated heterocycles. The van der Waals surface area contributed by atoms with Crippen molar-refractivity contribution in [1.29, 1.82) is 0 Å². The number of nitrogens with zero attached hydrogens (tertiary/aromatic N) is 2. The summed E-state index contributed by atoms with van der Waals surface area (Å²) in [5, 5.41) is 0.905. The highest BCUT2D eigenvalue weighted by Gasteiger charge is 2.29. The summed E-state index contributed by atoms with van der Waals surface area (Å²) in [7, 11) is 0. The van der Waals surface area contributed by atoms with Crippen LogP contribution in [0.3, 0.4) is 0 Å². The molecule has 1 unspecified atom stereocenters. The van der Waals surface area contributed by atoms with Crippen LogP contribution in [0, 0.1) is 0 Å². The molecule has 0 spiro atoms. The van der Waals surface area contributed by atoms with E-state index in [0.717, 1.165) is 44.7 Å². The van der Waals surface area contributed by atoms with E-state index in [9.17, 15) is 0 Å². The van der Waals surface area contributed by atoms with Gasteiger partial charge in [0.2, 0.25) is 0 Å². The van der Waals surface area contributed by atoms with Crippen LogP contribution in [-0.4, -0.2) is 50.3 Å². The van der Waals surface area contributed by atoms with Crippen LogP contribution in [0.2, 0.25) is 0 Å². The van der Waals surface area contributed by atoms with Crippen molar-refractivity contribution in [2.45, 2.75) is 17.8 Å². The summed E-state index contributed by atoms with van der Waals surface area (Å²) in [6, 6.07) is 7.34. The summed E-state index contributed by atoms with van der Waals surface area (Å²) in [5.41, 5.74) is 2.63. The lowest BCUT2D eigenvalue weighted by molar-refractivity contribution is 0.0209. The van der Waals surface area contributed by atoms with Gasteiger partial charge in [0, 0.05) is 42.0 Å². The zero-order chi connectivity index (χ0) is 13.9. The van der Waals surface area contributed by atoms with Crippen LogP contribution in [0.4, 0.5) is 5.69 Å². The van der Waals surface area contributed by atoms with Crippen LogP contribution in [0.15, 0.2) is 22.7 Å². The van der Waals surface area contributed by atoms with Gasteiger partial charge in [-0.05, 0) is 40.0 Å². The number of hydrogen-bond donors (Lipinski definition) is 0. The molecule has 1 atom stereocenters. The van der Waals surface area contributed by atoms with Gasteiger partial charge in [-0.15, -0.1) is 0 Å². The molecule has 2 aliphatic heterocycles. The molecule has 0 bridgehead atoms. The molecule has 1 aromatic carbocycles. The van der Waals surface area contributed by atoms with Crippen LogP contribution in [0.25, 0.3) is 0 Å². The number of ether oxygens (including phenoxy) is 1. The van der Waals surface area contributed by atoms with Crippen molar-refractivity contribution in [1.82, 2.24) is 4.90 Å². The molecule has 0 aromatic heterocycles. The van der Waals surface area contributed by atoms with Crippen LogP contribution in [0.1, 0.15) is 12.0 Å². The average molecular weight is 404 g/mol. The van der Waals surface area contributed by atoms with Gasteiger partial charge in [0.25, 0.3) is 0 Å². The van der Waals surface area contributed by atoms with Crippen molar-refractivity contribution < 1.29 is 4.74 Å². The molecule has 0 saturated carbocycles. The largest absolute Gasteiger partial charge is 0.379 e. The first-order chi connectivity index (χ1) is 9.78. The molecule has 5 heteroatoms. The molecule has 0 N–H and O–H groups in total. The van der Waals surface area contributed by atoms with Gasteiger partial charge in [0.15, 0.2) is 0 Å². The Kier molecular flexibility index (Phi) is 5.02. The Labute approximate surface area is 137 Å². The molecule has 0 radical (unpaired) electrons. The van der Waals surface area contributed by atoms with E-state index in [1.165, 1.54) is 22.1 Å². The van der Waals surface area contributed by atoms with E-state index in [4.69, 9.17) is 4.74 Å². The Morgan fingerprint density at radius 3 is 2.70 bits per heavy atom. The van der Waals surface area contributed by atoms with E-state index >= 15 is 0 Å². The highest BCUT2D eigenvalue weighted by Crippen LogP contribution is 2.31. The number of alkyl halides is 1. The molecular formula is C15H20Br2N2O. The molecule has 1 aromatic rings. The van der Waals surface area contributed by atoms with Crippen molar-refractivity contribution >= 4 is 37.5 Å². The standard InChI is InChI=1S/C15H20Br2N2O/c16-10-12-1-2-15(14(17)9-12)19-4-3-13(11-19)18-5-7-20-8-6-18/h1-2,9,13H,3-8,10-11H2. The maximum atomic E-state index is 5.45. The Bertz CT molecular complexity index is 463.